The molecule has 4 aromatic carbocycles. The highest BCUT2D eigenvalue weighted by Crippen LogP contribution is 2.39. The Morgan fingerprint density at radius 2 is 1.18 bits per heavy atom. The summed E-state index contributed by atoms with van der Waals surface area (Å²) in [7, 11) is 0. The zero-order valence-electron chi connectivity index (χ0n) is 18.7. The molecule has 5 nitrogen and oxygen atoms in total. The Bertz CT molecular complexity index is 1440. The molecule has 0 amide bonds. The Hall–Kier alpha value is -3.87. The number of carbonyl (C=O) groups is 2. The summed E-state index contributed by atoms with van der Waals surface area (Å²) >= 11 is 0.635. The van der Waals surface area contributed by atoms with Crippen LogP contribution in [0, 0.1) is 13.8 Å². The monoisotopic (exact) mass is 466 g/mol. The lowest BCUT2D eigenvalue weighted by Gasteiger charge is -2.24. The molecule has 0 bridgehead atoms. The second kappa shape index (κ2) is 8.82. The number of fused-ring (bicyclic) bond motifs is 2. The Morgan fingerprint density at radius 3 is 1.76 bits per heavy atom. The zero-order valence-corrected chi connectivity index (χ0v) is 19.5. The number of anilines is 4. The van der Waals surface area contributed by atoms with E-state index >= 15 is 0 Å². The first-order valence-electron chi connectivity index (χ1n) is 10.8. The van der Waals surface area contributed by atoms with Gasteiger partial charge >= 0.3 is 0 Å². The molecule has 0 fully saturated rings. The summed E-state index contributed by atoms with van der Waals surface area (Å²) in [6.07, 6.45) is 0. The normalized spacial score (nSPS) is 12.2. The highest BCUT2D eigenvalue weighted by atomic mass is 32.2. The van der Waals surface area contributed by atoms with Crippen molar-refractivity contribution in [2.24, 2.45) is 0 Å². The van der Waals surface area contributed by atoms with Crippen molar-refractivity contribution in [2.45, 2.75) is 18.7 Å². The smallest absolute Gasteiger partial charge is 0.196 e. The summed E-state index contributed by atoms with van der Waals surface area (Å²) in [5, 5.41) is 6.59. The minimum absolute atomic E-state index is 0.205. The summed E-state index contributed by atoms with van der Waals surface area (Å²) in [6.45, 7) is 3.95. The van der Waals surface area contributed by atoms with Crippen LogP contribution in [0.1, 0.15) is 43.0 Å². The lowest BCUT2D eigenvalue weighted by Crippen LogP contribution is -2.23. The quantitative estimate of drug-likeness (QED) is 0.239. The van der Waals surface area contributed by atoms with Crippen LogP contribution in [-0.2, 0) is 0 Å². The average Bonchev–Trinajstić information content (AvgIpc) is 2.85. The number of aryl methyl sites for hydroxylation is 2. The second-order valence-electron chi connectivity index (χ2n) is 8.32. The SMILES string of the molecule is Cc1ccc(Nc2ccc(Nc3ccc(C)cc3SO)c3c2C(=O)c2ccccc2C3=O)cc1. The molecule has 5 rings (SSSR count). The molecule has 0 saturated carbocycles. The van der Waals surface area contributed by atoms with E-state index in [4.69, 9.17) is 0 Å². The fourth-order valence-corrected chi connectivity index (χ4v) is 4.63. The maximum atomic E-state index is 13.6. The van der Waals surface area contributed by atoms with Crippen LogP contribution < -0.4 is 10.6 Å². The van der Waals surface area contributed by atoms with Crippen LogP contribution in [0.4, 0.5) is 22.7 Å². The van der Waals surface area contributed by atoms with Gasteiger partial charge in [-0.25, -0.2) is 0 Å². The van der Waals surface area contributed by atoms with Gasteiger partial charge in [-0.3, -0.25) is 9.59 Å². The third-order valence-corrected chi connectivity index (χ3v) is 6.45. The highest BCUT2D eigenvalue weighted by Gasteiger charge is 2.34. The van der Waals surface area contributed by atoms with E-state index in [9.17, 15) is 14.1 Å². The van der Waals surface area contributed by atoms with E-state index in [1.165, 1.54) is 0 Å². The molecule has 0 aromatic heterocycles. The van der Waals surface area contributed by atoms with Gasteiger partial charge < -0.3 is 15.2 Å². The van der Waals surface area contributed by atoms with Crippen LogP contribution >= 0.6 is 12.0 Å². The molecule has 6 heteroatoms. The van der Waals surface area contributed by atoms with Gasteiger partial charge in [0, 0.05) is 28.9 Å². The third-order valence-electron chi connectivity index (χ3n) is 5.91. The second-order valence-corrected chi connectivity index (χ2v) is 8.94. The van der Waals surface area contributed by atoms with Gasteiger partial charge in [-0.2, -0.15) is 0 Å². The van der Waals surface area contributed by atoms with Gasteiger partial charge in [0.2, 0.25) is 0 Å². The molecule has 0 saturated heterocycles. The minimum Gasteiger partial charge on any atom is -0.355 e. The topological polar surface area (TPSA) is 78.4 Å². The number of hydrogen-bond donors (Lipinski definition) is 3. The summed E-state index contributed by atoms with van der Waals surface area (Å²) in [5.41, 5.74) is 6.11. The predicted octanol–water partition coefficient (Wildman–Crippen LogP) is 7.13. The van der Waals surface area contributed by atoms with Crippen LogP contribution in [0.15, 0.2) is 83.8 Å². The number of carbonyl (C=O) groups excluding carboxylic acids is 2. The van der Waals surface area contributed by atoms with Crippen molar-refractivity contribution < 1.29 is 14.1 Å². The van der Waals surface area contributed by atoms with Crippen molar-refractivity contribution in [3.8, 4) is 0 Å². The van der Waals surface area contributed by atoms with Gasteiger partial charge in [0.15, 0.2) is 11.6 Å². The van der Waals surface area contributed by atoms with Crippen LogP contribution in [0.2, 0.25) is 0 Å². The van der Waals surface area contributed by atoms with Crippen molar-refractivity contribution in [1.29, 1.82) is 0 Å². The highest BCUT2D eigenvalue weighted by molar-refractivity contribution is 7.94. The molecule has 0 unspecified atom stereocenters. The lowest BCUT2D eigenvalue weighted by atomic mass is 9.82. The maximum absolute atomic E-state index is 13.6. The van der Waals surface area contributed by atoms with Gasteiger partial charge in [0.25, 0.3) is 0 Å². The van der Waals surface area contributed by atoms with Crippen molar-refractivity contribution in [2.75, 3.05) is 10.6 Å². The Balaban J connectivity index is 1.67. The summed E-state index contributed by atoms with van der Waals surface area (Å²) < 4.78 is 9.76. The van der Waals surface area contributed by atoms with Gasteiger partial charge in [0.05, 0.1) is 33.1 Å². The van der Waals surface area contributed by atoms with E-state index in [1.807, 2.05) is 56.3 Å². The molecule has 0 atom stereocenters. The molecule has 0 radical (unpaired) electrons. The molecule has 3 N–H and O–H groups in total. The van der Waals surface area contributed by atoms with E-state index < -0.39 is 0 Å². The van der Waals surface area contributed by atoms with Crippen molar-refractivity contribution >= 4 is 46.4 Å². The number of ketones is 2. The first kappa shape index (κ1) is 21.9. The fraction of sp³-hybridized carbons (Fsp3) is 0.0714. The standard InChI is InChI=1S/C28H22N2O3S/c1-16-7-10-18(11-8-16)29-22-13-14-23(30-21-12-9-17(2)15-24(21)34-33)26-25(22)27(31)19-5-3-4-6-20(19)28(26)32/h3-15,29-30,33H,1-2H3. The molecular formula is C28H22N2O3S. The molecule has 0 heterocycles. The first-order chi connectivity index (χ1) is 16.5. The van der Waals surface area contributed by atoms with E-state index in [1.54, 1.807) is 36.4 Å². The first-order valence-corrected chi connectivity index (χ1v) is 11.6. The van der Waals surface area contributed by atoms with Crippen LogP contribution in [0.3, 0.4) is 0 Å². The number of benzene rings is 4. The fourth-order valence-electron chi connectivity index (χ4n) is 4.18. The van der Waals surface area contributed by atoms with Gasteiger partial charge in [-0.15, -0.1) is 0 Å². The molecule has 1 aliphatic rings. The predicted molar refractivity (Wildman–Crippen MR) is 137 cm³/mol. The Morgan fingerprint density at radius 1 is 0.647 bits per heavy atom. The van der Waals surface area contributed by atoms with E-state index in [2.05, 4.69) is 10.6 Å². The minimum atomic E-state index is -0.217. The van der Waals surface area contributed by atoms with Crippen LogP contribution in [0.5, 0.6) is 0 Å². The average molecular weight is 467 g/mol. The molecule has 34 heavy (non-hydrogen) atoms. The summed E-state index contributed by atoms with van der Waals surface area (Å²) in [4.78, 5) is 27.9. The van der Waals surface area contributed by atoms with E-state index in [-0.39, 0.29) is 11.6 Å². The lowest BCUT2D eigenvalue weighted by molar-refractivity contribution is 0.0980. The number of nitrogens with one attached hydrogen (secondary N) is 2. The van der Waals surface area contributed by atoms with Gasteiger partial charge in [-0.1, -0.05) is 48.0 Å². The van der Waals surface area contributed by atoms with Gasteiger partial charge in [-0.05, 0) is 55.8 Å². The van der Waals surface area contributed by atoms with E-state index in [0.29, 0.717) is 56.3 Å². The number of hydrogen-bond acceptors (Lipinski definition) is 6. The van der Waals surface area contributed by atoms with Crippen LogP contribution in [-0.4, -0.2) is 16.1 Å². The Labute approximate surface area is 202 Å². The van der Waals surface area contributed by atoms with Crippen molar-refractivity contribution in [3.63, 3.8) is 0 Å². The largest absolute Gasteiger partial charge is 0.355 e. The summed E-state index contributed by atoms with van der Waals surface area (Å²) in [5.74, 6) is -0.422. The molecule has 4 aromatic rings. The van der Waals surface area contributed by atoms with Crippen LogP contribution in [0.25, 0.3) is 0 Å². The molecule has 168 valence electrons. The molecule has 0 aliphatic heterocycles. The van der Waals surface area contributed by atoms with Crippen molar-refractivity contribution in [1.82, 2.24) is 0 Å². The summed E-state index contributed by atoms with van der Waals surface area (Å²) in [6, 6.07) is 24.0. The third kappa shape index (κ3) is 3.87. The van der Waals surface area contributed by atoms with Gasteiger partial charge in [0.1, 0.15) is 0 Å². The molecular weight excluding hydrogens is 444 g/mol. The van der Waals surface area contributed by atoms with Crippen molar-refractivity contribution in [3.05, 3.63) is 112 Å². The number of rotatable bonds is 5. The maximum Gasteiger partial charge on any atom is 0.196 e. The molecule has 1 aliphatic carbocycles. The van der Waals surface area contributed by atoms with E-state index in [0.717, 1.165) is 16.8 Å². The molecule has 0 spiro atoms. The Kier molecular flexibility index (Phi) is 5.69. The zero-order chi connectivity index (χ0) is 23.8.